The van der Waals surface area contributed by atoms with Crippen molar-refractivity contribution < 1.29 is 0 Å². The van der Waals surface area contributed by atoms with E-state index in [0.717, 1.165) is 26.2 Å². The van der Waals surface area contributed by atoms with Crippen molar-refractivity contribution >= 4 is 0 Å². The number of hydrogen-bond acceptors (Lipinski definition) is 3. The van der Waals surface area contributed by atoms with Crippen molar-refractivity contribution in [3.05, 3.63) is 30.1 Å². The first kappa shape index (κ1) is 12.5. The molecule has 0 bridgehead atoms. The van der Waals surface area contributed by atoms with Crippen LogP contribution in [0.1, 0.15) is 26.0 Å². The Hall–Kier alpha value is -0.930. The number of pyridine rings is 1. The predicted molar refractivity (Wildman–Crippen MR) is 70.8 cm³/mol. The van der Waals surface area contributed by atoms with Gasteiger partial charge in [0.15, 0.2) is 0 Å². The van der Waals surface area contributed by atoms with Gasteiger partial charge >= 0.3 is 0 Å². The largest absolute Gasteiger partial charge is 0.314 e. The van der Waals surface area contributed by atoms with Gasteiger partial charge in [-0.25, -0.2) is 0 Å². The van der Waals surface area contributed by atoms with E-state index in [9.17, 15) is 0 Å². The smallest absolute Gasteiger partial charge is 0.0543 e. The molecule has 2 atom stereocenters. The highest BCUT2D eigenvalue weighted by Gasteiger charge is 2.16. The molecule has 0 amide bonds. The molecular weight excluding hydrogens is 210 g/mol. The molecule has 1 fully saturated rings. The number of hydrogen-bond donors (Lipinski definition) is 1. The fourth-order valence-corrected chi connectivity index (χ4v) is 2.34. The molecule has 1 aromatic rings. The normalized spacial score (nSPS) is 27.4. The van der Waals surface area contributed by atoms with Crippen LogP contribution in [0.2, 0.25) is 0 Å². The van der Waals surface area contributed by atoms with E-state index in [1.807, 2.05) is 12.3 Å². The van der Waals surface area contributed by atoms with E-state index in [4.69, 9.17) is 0 Å². The highest BCUT2D eigenvalue weighted by molar-refractivity contribution is 5.03. The summed E-state index contributed by atoms with van der Waals surface area (Å²) in [5.74, 6) is 0.710. The number of nitrogens with zero attached hydrogens (tertiary/aromatic N) is 2. The quantitative estimate of drug-likeness (QED) is 0.845. The Kier molecular flexibility index (Phi) is 4.51. The van der Waals surface area contributed by atoms with Gasteiger partial charge in [0.1, 0.15) is 0 Å². The van der Waals surface area contributed by atoms with E-state index >= 15 is 0 Å². The van der Waals surface area contributed by atoms with Gasteiger partial charge in [-0.3, -0.25) is 9.88 Å². The molecular formula is C14H23N3. The van der Waals surface area contributed by atoms with Crippen molar-refractivity contribution in [3.63, 3.8) is 0 Å². The van der Waals surface area contributed by atoms with Crippen LogP contribution in [-0.2, 0) is 6.54 Å². The monoisotopic (exact) mass is 233 g/mol. The highest BCUT2D eigenvalue weighted by atomic mass is 15.1. The molecule has 3 heteroatoms. The predicted octanol–water partition coefficient (Wildman–Crippen LogP) is 1.90. The van der Waals surface area contributed by atoms with E-state index in [1.165, 1.54) is 12.1 Å². The molecule has 1 aliphatic rings. The molecule has 1 saturated heterocycles. The van der Waals surface area contributed by atoms with Crippen molar-refractivity contribution in [3.8, 4) is 0 Å². The van der Waals surface area contributed by atoms with E-state index in [0.29, 0.717) is 12.0 Å². The van der Waals surface area contributed by atoms with Crippen LogP contribution in [0.25, 0.3) is 0 Å². The summed E-state index contributed by atoms with van der Waals surface area (Å²) in [4.78, 5) is 6.95. The van der Waals surface area contributed by atoms with E-state index < -0.39 is 0 Å². The molecule has 1 N–H and O–H groups in total. The van der Waals surface area contributed by atoms with Crippen molar-refractivity contribution in [1.29, 1.82) is 0 Å². The topological polar surface area (TPSA) is 28.2 Å². The summed E-state index contributed by atoms with van der Waals surface area (Å²) in [5.41, 5.74) is 1.18. The minimum atomic E-state index is 0.629. The number of aromatic nitrogens is 1. The summed E-state index contributed by atoms with van der Waals surface area (Å²) in [6.45, 7) is 9.02. The second kappa shape index (κ2) is 6.12. The first-order valence-corrected chi connectivity index (χ1v) is 6.59. The lowest BCUT2D eigenvalue weighted by Crippen LogP contribution is -2.42. The summed E-state index contributed by atoms with van der Waals surface area (Å²) in [7, 11) is 0. The van der Waals surface area contributed by atoms with E-state index in [-0.39, 0.29) is 0 Å². The molecule has 0 aromatic carbocycles. The van der Waals surface area contributed by atoms with Crippen molar-refractivity contribution in [2.75, 3.05) is 19.6 Å². The molecule has 3 nitrogen and oxygen atoms in total. The van der Waals surface area contributed by atoms with Gasteiger partial charge in [-0.15, -0.1) is 0 Å². The summed E-state index contributed by atoms with van der Waals surface area (Å²) in [5, 5.41) is 3.58. The number of rotatable bonds is 2. The first-order chi connectivity index (χ1) is 8.24. The van der Waals surface area contributed by atoms with Gasteiger partial charge in [0.25, 0.3) is 0 Å². The van der Waals surface area contributed by atoms with Crippen LogP contribution in [0.5, 0.6) is 0 Å². The zero-order valence-corrected chi connectivity index (χ0v) is 10.9. The highest BCUT2D eigenvalue weighted by Crippen LogP contribution is 2.10. The third kappa shape index (κ3) is 4.10. The Morgan fingerprint density at radius 3 is 3.06 bits per heavy atom. The van der Waals surface area contributed by atoms with Gasteiger partial charge in [-0.1, -0.05) is 13.0 Å². The molecule has 2 unspecified atom stereocenters. The molecule has 2 heterocycles. The fraction of sp³-hybridized carbons (Fsp3) is 0.643. The Morgan fingerprint density at radius 1 is 1.41 bits per heavy atom. The van der Waals surface area contributed by atoms with Gasteiger partial charge in [0, 0.05) is 31.9 Å². The van der Waals surface area contributed by atoms with Crippen molar-refractivity contribution in [2.45, 2.75) is 32.9 Å². The maximum Gasteiger partial charge on any atom is 0.0543 e. The van der Waals surface area contributed by atoms with Crippen LogP contribution < -0.4 is 5.32 Å². The molecule has 94 valence electrons. The standard InChI is InChI=1S/C14H23N3/c1-12-9-16-13(2)6-8-17(10-12)11-14-5-3-4-7-15-14/h3-5,7,12-13,16H,6,8-11H2,1-2H3. The van der Waals surface area contributed by atoms with Gasteiger partial charge in [0.05, 0.1) is 5.69 Å². The lowest BCUT2D eigenvalue weighted by Gasteiger charge is -2.30. The fourth-order valence-electron chi connectivity index (χ4n) is 2.34. The minimum absolute atomic E-state index is 0.629. The molecule has 2 rings (SSSR count). The second-order valence-electron chi connectivity index (χ2n) is 5.26. The van der Waals surface area contributed by atoms with Crippen LogP contribution in [0.15, 0.2) is 24.4 Å². The zero-order chi connectivity index (χ0) is 12.1. The number of nitrogens with one attached hydrogen (secondary N) is 1. The van der Waals surface area contributed by atoms with E-state index in [1.54, 1.807) is 0 Å². The summed E-state index contributed by atoms with van der Waals surface area (Å²) in [6, 6.07) is 6.79. The average molecular weight is 233 g/mol. The summed E-state index contributed by atoms with van der Waals surface area (Å²) < 4.78 is 0. The lowest BCUT2D eigenvalue weighted by molar-refractivity contribution is 0.193. The minimum Gasteiger partial charge on any atom is -0.314 e. The Bertz CT molecular complexity index is 325. The Balaban J connectivity index is 1.94. The average Bonchev–Trinajstić information content (AvgIpc) is 2.33. The van der Waals surface area contributed by atoms with Gasteiger partial charge in [-0.2, -0.15) is 0 Å². The first-order valence-electron chi connectivity index (χ1n) is 6.59. The van der Waals surface area contributed by atoms with Crippen LogP contribution in [0.4, 0.5) is 0 Å². The van der Waals surface area contributed by atoms with Crippen LogP contribution in [-0.4, -0.2) is 35.6 Å². The molecule has 1 aromatic heterocycles. The molecule has 0 saturated carbocycles. The molecule has 1 aliphatic heterocycles. The molecule has 17 heavy (non-hydrogen) atoms. The third-order valence-electron chi connectivity index (χ3n) is 3.37. The van der Waals surface area contributed by atoms with Gasteiger partial charge in [0.2, 0.25) is 0 Å². The molecule has 0 spiro atoms. The summed E-state index contributed by atoms with van der Waals surface area (Å²) in [6.07, 6.45) is 3.10. The van der Waals surface area contributed by atoms with Crippen LogP contribution in [0.3, 0.4) is 0 Å². The SMILES string of the molecule is CC1CNC(C)CCN(Cc2ccccn2)C1. The van der Waals surface area contributed by atoms with Crippen molar-refractivity contribution in [1.82, 2.24) is 15.2 Å². The zero-order valence-electron chi connectivity index (χ0n) is 10.9. The molecule has 0 aliphatic carbocycles. The lowest BCUT2D eigenvalue weighted by atomic mass is 10.1. The van der Waals surface area contributed by atoms with E-state index in [2.05, 4.69) is 41.2 Å². The van der Waals surface area contributed by atoms with Crippen LogP contribution >= 0.6 is 0 Å². The van der Waals surface area contributed by atoms with Gasteiger partial charge < -0.3 is 5.32 Å². The molecule has 0 radical (unpaired) electrons. The van der Waals surface area contributed by atoms with Gasteiger partial charge in [-0.05, 0) is 37.9 Å². The second-order valence-corrected chi connectivity index (χ2v) is 5.26. The summed E-state index contributed by atoms with van der Waals surface area (Å²) >= 11 is 0. The maximum absolute atomic E-state index is 4.41. The Morgan fingerprint density at radius 2 is 2.29 bits per heavy atom. The third-order valence-corrected chi connectivity index (χ3v) is 3.37. The maximum atomic E-state index is 4.41. The van der Waals surface area contributed by atoms with Crippen LogP contribution in [0, 0.1) is 5.92 Å². The van der Waals surface area contributed by atoms with Crippen molar-refractivity contribution in [2.24, 2.45) is 5.92 Å². The Labute approximate surface area is 104 Å².